The van der Waals surface area contributed by atoms with Gasteiger partial charge in [0.1, 0.15) is 0 Å². The maximum Gasteiger partial charge on any atom is 0.308 e. The molecule has 0 saturated carbocycles. The lowest BCUT2D eigenvalue weighted by atomic mass is 10.0. The smallest absolute Gasteiger partial charge is 0.308 e. The van der Waals surface area contributed by atoms with E-state index in [1.165, 1.54) is 6.21 Å². The number of hydrogen-bond acceptors (Lipinski definition) is 6. The minimum Gasteiger partial charge on any atom is -0.466 e. The van der Waals surface area contributed by atoms with Crippen molar-refractivity contribution in [2.75, 3.05) is 18.1 Å². The predicted octanol–water partition coefficient (Wildman–Crippen LogP) is 2.53. The average Bonchev–Trinajstić information content (AvgIpc) is 3.15. The van der Waals surface area contributed by atoms with Crippen LogP contribution in [0.5, 0.6) is 0 Å². The van der Waals surface area contributed by atoms with E-state index in [1.54, 1.807) is 11.8 Å². The number of carbonyl (C=O) groups excluding carboxylic acids is 3. The Hall–Kier alpha value is -3.68. The Bertz CT molecular complexity index is 960. The van der Waals surface area contributed by atoms with Crippen LogP contribution in [0.4, 0.5) is 5.69 Å². The Morgan fingerprint density at radius 3 is 2.59 bits per heavy atom. The first kappa shape index (κ1) is 23.0. The average molecular weight is 437 g/mol. The molecule has 1 heterocycles. The number of nitrogens with zero attached hydrogens (tertiary/aromatic N) is 2. The number of anilines is 1. The Morgan fingerprint density at radius 1 is 1.22 bits per heavy atom. The van der Waals surface area contributed by atoms with Crippen LogP contribution in [-0.2, 0) is 19.1 Å². The maximum absolute atomic E-state index is 12.9. The van der Waals surface area contributed by atoms with Gasteiger partial charge >= 0.3 is 5.97 Å². The van der Waals surface area contributed by atoms with Crippen LogP contribution in [0.15, 0.2) is 59.7 Å². The zero-order valence-electron chi connectivity index (χ0n) is 18.1. The van der Waals surface area contributed by atoms with Gasteiger partial charge in [-0.2, -0.15) is 5.10 Å². The third-order valence-corrected chi connectivity index (χ3v) is 5.39. The Balaban J connectivity index is 1.62. The number of rotatable bonds is 9. The quantitative estimate of drug-likeness (QED) is 0.271. The van der Waals surface area contributed by atoms with Crippen molar-refractivity contribution >= 4 is 29.7 Å². The summed E-state index contributed by atoms with van der Waals surface area (Å²) in [5.41, 5.74) is 2.43. The fraction of sp³-hybridized carbons (Fsp3) is 0.333. The van der Waals surface area contributed by atoms with Gasteiger partial charge in [0.05, 0.1) is 25.3 Å². The topological polar surface area (TPSA) is 114 Å². The van der Waals surface area contributed by atoms with Gasteiger partial charge < -0.3 is 20.8 Å². The molecular weight excluding hydrogens is 408 g/mol. The highest BCUT2D eigenvalue weighted by Gasteiger charge is 2.34. The largest absolute Gasteiger partial charge is 0.466 e. The van der Waals surface area contributed by atoms with Crippen LogP contribution in [0.1, 0.15) is 43.4 Å². The third kappa shape index (κ3) is 5.94. The molecule has 2 atom stereocenters. The van der Waals surface area contributed by atoms with Gasteiger partial charge in [-0.3, -0.25) is 14.4 Å². The van der Waals surface area contributed by atoms with Gasteiger partial charge in [0, 0.05) is 24.6 Å². The van der Waals surface area contributed by atoms with Crippen molar-refractivity contribution < 1.29 is 19.1 Å². The summed E-state index contributed by atoms with van der Waals surface area (Å²) >= 11 is 0. The zero-order valence-corrected chi connectivity index (χ0v) is 18.1. The monoisotopic (exact) mass is 436 g/mol. The van der Waals surface area contributed by atoms with Crippen LogP contribution >= 0.6 is 0 Å². The van der Waals surface area contributed by atoms with E-state index in [-0.39, 0.29) is 37.2 Å². The zero-order chi connectivity index (χ0) is 22.9. The first-order chi connectivity index (χ1) is 15.5. The van der Waals surface area contributed by atoms with Crippen molar-refractivity contribution in [3.8, 4) is 0 Å². The van der Waals surface area contributed by atoms with Crippen molar-refractivity contribution in [1.82, 2.24) is 5.32 Å². The van der Waals surface area contributed by atoms with Crippen LogP contribution in [0.25, 0.3) is 0 Å². The van der Waals surface area contributed by atoms with Crippen molar-refractivity contribution in [1.29, 1.82) is 0 Å². The van der Waals surface area contributed by atoms with E-state index in [0.29, 0.717) is 13.0 Å². The molecule has 2 unspecified atom stereocenters. The number of nitrogens with one attached hydrogen (secondary N) is 1. The second kappa shape index (κ2) is 11.1. The number of benzene rings is 2. The standard InChI is InChI=1S/C24H28N4O4/c1-2-32-23(30)15-21(18-6-4-3-5-7-18)27-22(29)14-19-12-13-28(24(19)31)20-10-8-17(9-11-20)16-26-25/h3-11,16,19,21H,2,12-15,25H2,1H3,(H,27,29). The second-order valence-electron chi connectivity index (χ2n) is 7.59. The summed E-state index contributed by atoms with van der Waals surface area (Å²) in [5.74, 6) is 4.03. The molecule has 1 aliphatic rings. The molecule has 0 spiro atoms. The molecule has 1 fully saturated rings. The van der Waals surface area contributed by atoms with Gasteiger partial charge in [-0.15, -0.1) is 0 Å². The Labute approximate surface area is 187 Å². The summed E-state index contributed by atoms with van der Waals surface area (Å²) in [5, 5.41) is 6.40. The van der Waals surface area contributed by atoms with Gasteiger partial charge in [-0.1, -0.05) is 42.5 Å². The molecule has 1 aliphatic heterocycles. The summed E-state index contributed by atoms with van der Waals surface area (Å²) < 4.78 is 5.05. The van der Waals surface area contributed by atoms with E-state index in [2.05, 4.69) is 10.4 Å². The van der Waals surface area contributed by atoms with E-state index in [1.807, 2.05) is 54.6 Å². The molecule has 0 radical (unpaired) electrons. The number of hydrogen-bond donors (Lipinski definition) is 2. The van der Waals surface area contributed by atoms with Crippen molar-refractivity contribution in [3.63, 3.8) is 0 Å². The highest BCUT2D eigenvalue weighted by molar-refractivity contribution is 5.99. The molecule has 2 amide bonds. The SMILES string of the molecule is CCOC(=O)CC(NC(=O)CC1CCN(c2ccc(C=NN)cc2)C1=O)c1ccccc1. The van der Waals surface area contributed by atoms with Crippen LogP contribution in [-0.4, -0.2) is 37.1 Å². The summed E-state index contributed by atoms with van der Waals surface area (Å²) in [6.07, 6.45) is 2.22. The molecule has 0 bridgehead atoms. The molecule has 168 valence electrons. The van der Waals surface area contributed by atoms with Gasteiger partial charge in [0.2, 0.25) is 11.8 Å². The minimum atomic E-state index is -0.507. The lowest BCUT2D eigenvalue weighted by molar-refractivity contribution is -0.144. The van der Waals surface area contributed by atoms with Crippen molar-refractivity contribution in [2.45, 2.75) is 32.2 Å². The predicted molar refractivity (Wildman–Crippen MR) is 122 cm³/mol. The molecule has 32 heavy (non-hydrogen) atoms. The van der Waals surface area contributed by atoms with E-state index < -0.39 is 12.0 Å². The summed E-state index contributed by atoms with van der Waals surface area (Å²) in [6.45, 7) is 2.57. The van der Waals surface area contributed by atoms with Crippen LogP contribution < -0.4 is 16.1 Å². The lowest BCUT2D eigenvalue weighted by Crippen LogP contribution is -2.34. The molecule has 2 aromatic rings. The molecule has 8 heteroatoms. The molecule has 3 rings (SSSR count). The number of amides is 2. The molecular formula is C24H28N4O4. The third-order valence-electron chi connectivity index (χ3n) is 5.39. The Morgan fingerprint density at radius 2 is 1.94 bits per heavy atom. The van der Waals surface area contributed by atoms with E-state index >= 15 is 0 Å². The van der Waals surface area contributed by atoms with E-state index in [9.17, 15) is 14.4 Å². The number of nitrogens with two attached hydrogens (primary N) is 1. The first-order valence-electron chi connectivity index (χ1n) is 10.7. The molecule has 8 nitrogen and oxygen atoms in total. The van der Waals surface area contributed by atoms with Crippen LogP contribution in [0.3, 0.4) is 0 Å². The van der Waals surface area contributed by atoms with Gasteiger partial charge in [0.15, 0.2) is 0 Å². The molecule has 1 saturated heterocycles. The number of esters is 1. The minimum absolute atomic E-state index is 0.0345. The summed E-state index contributed by atoms with van der Waals surface area (Å²) in [4.78, 5) is 39.4. The van der Waals surface area contributed by atoms with Gasteiger partial charge in [-0.05, 0) is 36.6 Å². The maximum atomic E-state index is 12.9. The first-order valence-corrected chi connectivity index (χ1v) is 10.7. The number of ether oxygens (including phenoxy) is 1. The fourth-order valence-corrected chi connectivity index (χ4v) is 3.81. The lowest BCUT2D eigenvalue weighted by Gasteiger charge is -2.20. The molecule has 3 N–H and O–H groups in total. The highest BCUT2D eigenvalue weighted by Crippen LogP contribution is 2.28. The van der Waals surface area contributed by atoms with Crippen LogP contribution in [0, 0.1) is 5.92 Å². The Kier molecular flexibility index (Phi) is 7.96. The van der Waals surface area contributed by atoms with Crippen molar-refractivity contribution in [3.05, 3.63) is 65.7 Å². The second-order valence-corrected chi connectivity index (χ2v) is 7.59. The van der Waals surface area contributed by atoms with E-state index in [4.69, 9.17) is 10.6 Å². The van der Waals surface area contributed by atoms with Crippen molar-refractivity contribution in [2.24, 2.45) is 16.9 Å². The molecule has 0 aromatic heterocycles. The van der Waals surface area contributed by atoms with Crippen LogP contribution in [0.2, 0.25) is 0 Å². The van der Waals surface area contributed by atoms with Gasteiger partial charge in [-0.25, -0.2) is 0 Å². The number of hydrazone groups is 1. The molecule has 0 aliphatic carbocycles. The highest BCUT2D eigenvalue weighted by atomic mass is 16.5. The molecule has 2 aromatic carbocycles. The summed E-state index contributed by atoms with van der Waals surface area (Å²) in [7, 11) is 0. The normalized spacial score (nSPS) is 16.8. The van der Waals surface area contributed by atoms with Gasteiger partial charge in [0.25, 0.3) is 0 Å². The fourth-order valence-electron chi connectivity index (χ4n) is 3.81. The number of carbonyl (C=O) groups is 3. The summed E-state index contributed by atoms with van der Waals surface area (Å²) in [6, 6.07) is 16.1. The van der Waals surface area contributed by atoms with E-state index in [0.717, 1.165) is 16.8 Å².